The van der Waals surface area contributed by atoms with Crippen LogP contribution in [-0.4, -0.2) is 34.8 Å². The molecule has 0 aliphatic carbocycles. The van der Waals surface area contributed by atoms with Crippen molar-refractivity contribution in [2.75, 3.05) is 7.11 Å². The topological polar surface area (TPSA) is 90.3 Å². The molecule has 1 heterocycles. The SMILES string of the molecule is COC(=O)C(Cc1ccc(-c2c(C)cnn(C)c2=O)cc1)NC(=O)c1cc(F)ccc1Cl. The quantitative estimate of drug-likeness (QED) is 0.574. The Labute approximate surface area is 188 Å². The molecule has 0 bridgehead atoms. The second kappa shape index (κ2) is 9.74. The summed E-state index contributed by atoms with van der Waals surface area (Å²) in [5, 5.41) is 6.60. The van der Waals surface area contributed by atoms with Gasteiger partial charge >= 0.3 is 5.97 Å². The van der Waals surface area contributed by atoms with E-state index in [1.165, 1.54) is 17.9 Å². The first-order valence-electron chi connectivity index (χ1n) is 9.67. The van der Waals surface area contributed by atoms with Crippen molar-refractivity contribution < 1.29 is 18.7 Å². The number of hydrogen-bond donors (Lipinski definition) is 1. The summed E-state index contributed by atoms with van der Waals surface area (Å²) >= 11 is 5.99. The second-order valence-corrected chi connectivity index (χ2v) is 7.61. The summed E-state index contributed by atoms with van der Waals surface area (Å²) in [7, 11) is 2.79. The fourth-order valence-corrected chi connectivity index (χ4v) is 3.46. The molecule has 0 saturated heterocycles. The summed E-state index contributed by atoms with van der Waals surface area (Å²) < 4.78 is 19.6. The molecule has 0 aliphatic rings. The van der Waals surface area contributed by atoms with Crippen LogP contribution in [0.2, 0.25) is 5.02 Å². The van der Waals surface area contributed by atoms with Gasteiger partial charge in [0, 0.05) is 13.5 Å². The third-order valence-corrected chi connectivity index (χ3v) is 5.30. The monoisotopic (exact) mass is 457 g/mol. The van der Waals surface area contributed by atoms with Crippen LogP contribution in [0, 0.1) is 12.7 Å². The van der Waals surface area contributed by atoms with Crippen LogP contribution in [0.15, 0.2) is 53.5 Å². The number of halogens is 2. The fourth-order valence-electron chi connectivity index (χ4n) is 3.26. The molecule has 0 fully saturated rings. The summed E-state index contributed by atoms with van der Waals surface area (Å²) in [6.07, 6.45) is 1.74. The van der Waals surface area contributed by atoms with Gasteiger partial charge in [0.25, 0.3) is 11.5 Å². The van der Waals surface area contributed by atoms with Gasteiger partial charge in [0.05, 0.1) is 29.5 Å². The molecular formula is C23H21ClFN3O4. The molecule has 166 valence electrons. The van der Waals surface area contributed by atoms with Crippen LogP contribution in [0.1, 0.15) is 21.5 Å². The van der Waals surface area contributed by atoms with Gasteiger partial charge in [-0.15, -0.1) is 0 Å². The summed E-state index contributed by atoms with van der Waals surface area (Å²) in [6.45, 7) is 1.80. The largest absolute Gasteiger partial charge is 0.467 e. The molecular weight excluding hydrogens is 437 g/mol. The number of nitrogens with one attached hydrogen (secondary N) is 1. The van der Waals surface area contributed by atoms with E-state index in [4.69, 9.17) is 16.3 Å². The molecule has 1 N–H and O–H groups in total. The molecule has 0 radical (unpaired) electrons. The third kappa shape index (κ3) is 5.03. The predicted molar refractivity (Wildman–Crippen MR) is 118 cm³/mol. The van der Waals surface area contributed by atoms with Crippen molar-refractivity contribution in [3.8, 4) is 11.1 Å². The Morgan fingerprint density at radius 2 is 1.91 bits per heavy atom. The van der Waals surface area contributed by atoms with Crippen LogP contribution in [0.25, 0.3) is 11.1 Å². The van der Waals surface area contributed by atoms with Gasteiger partial charge in [-0.2, -0.15) is 5.10 Å². The van der Waals surface area contributed by atoms with Gasteiger partial charge in [0.2, 0.25) is 0 Å². The third-order valence-electron chi connectivity index (χ3n) is 4.97. The maximum Gasteiger partial charge on any atom is 0.328 e. The molecule has 2 aromatic carbocycles. The van der Waals surface area contributed by atoms with Crippen molar-refractivity contribution in [3.05, 3.63) is 86.5 Å². The number of ether oxygens (including phenoxy) is 1. The first-order chi connectivity index (χ1) is 15.2. The maximum atomic E-state index is 13.5. The number of carbonyl (C=O) groups excluding carboxylic acids is 2. The minimum atomic E-state index is -1.02. The molecule has 9 heteroatoms. The average Bonchev–Trinajstić information content (AvgIpc) is 2.78. The van der Waals surface area contributed by atoms with Gasteiger partial charge in [-0.3, -0.25) is 9.59 Å². The second-order valence-electron chi connectivity index (χ2n) is 7.21. The lowest BCUT2D eigenvalue weighted by Crippen LogP contribution is -2.43. The van der Waals surface area contributed by atoms with E-state index in [-0.39, 0.29) is 22.6 Å². The zero-order valence-corrected chi connectivity index (χ0v) is 18.4. The Morgan fingerprint density at radius 1 is 1.22 bits per heavy atom. The molecule has 0 spiro atoms. The van der Waals surface area contributed by atoms with E-state index in [9.17, 15) is 18.8 Å². The normalized spacial score (nSPS) is 11.7. The van der Waals surface area contributed by atoms with E-state index in [0.717, 1.165) is 23.3 Å². The zero-order valence-electron chi connectivity index (χ0n) is 17.7. The van der Waals surface area contributed by atoms with E-state index < -0.39 is 23.7 Å². The van der Waals surface area contributed by atoms with E-state index in [1.807, 2.05) is 0 Å². The summed E-state index contributed by atoms with van der Waals surface area (Å²) in [5.41, 5.74) is 2.40. The van der Waals surface area contributed by atoms with Crippen molar-refractivity contribution in [1.82, 2.24) is 15.1 Å². The number of nitrogens with zero attached hydrogens (tertiary/aromatic N) is 2. The molecule has 3 aromatic rings. The molecule has 1 atom stereocenters. The Bertz CT molecular complexity index is 1220. The molecule has 1 unspecified atom stereocenters. The summed E-state index contributed by atoms with van der Waals surface area (Å²) in [5.74, 6) is -1.98. The van der Waals surface area contributed by atoms with Gasteiger partial charge in [0.15, 0.2) is 0 Å². The number of aryl methyl sites for hydroxylation is 2. The molecule has 0 aliphatic heterocycles. The standard InChI is InChI=1S/C23H21ClFN3O4/c1-13-12-26-28(2)22(30)20(13)15-6-4-14(5-7-15)10-19(23(31)32-3)27-21(29)17-11-16(25)8-9-18(17)24/h4-9,11-12,19H,10H2,1-3H3,(H,27,29). The number of carbonyl (C=O) groups is 2. The highest BCUT2D eigenvalue weighted by atomic mass is 35.5. The highest BCUT2D eigenvalue weighted by Crippen LogP contribution is 2.21. The van der Waals surface area contributed by atoms with Gasteiger partial charge in [-0.25, -0.2) is 13.9 Å². The fraction of sp³-hybridized carbons (Fsp3) is 0.217. The van der Waals surface area contributed by atoms with Crippen LogP contribution < -0.4 is 10.9 Å². The smallest absolute Gasteiger partial charge is 0.328 e. The lowest BCUT2D eigenvalue weighted by molar-refractivity contribution is -0.142. The summed E-state index contributed by atoms with van der Waals surface area (Å²) in [4.78, 5) is 37.3. The van der Waals surface area contributed by atoms with Crippen LogP contribution in [-0.2, 0) is 23.0 Å². The lowest BCUT2D eigenvalue weighted by atomic mass is 9.99. The Morgan fingerprint density at radius 3 is 2.56 bits per heavy atom. The minimum absolute atomic E-state index is 0.0613. The number of benzene rings is 2. The Balaban J connectivity index is 1.83. The van der Waals surface area contributed by atoms with E-state index in [2.05, 4.69) is 10.4 Å². The maximum absolute atomic E-state index is 13.5. The number of aromatic nitrogens is 2. The number of hydrogen-bond acceptors (Lipinski definition) is 5. The van der Waals surface area contributed by atoms with E-state index in [0.29, 0.717) is 11.1 Å². The number of methoxy groups -OCH3 is 1. The van der Waals surface area contributed by atoms with Gasteiger partial charge < -0.3 is 10.1 Å². The van der Waals surface area contributed by atoms with Crippen molar-refractivity contribution in [3.63, 3.8) is 0 Å². The number of esters is 1. The van der Waals surface area contributed by atoms with Crippen LogP contribution >= 0.6 is 11.6 Å². The minimum Gasteiger partial charge on any atom is -0.467 e. The molecule has 1 amide bonds. The van der Waals surface area contributed by atoms with Gasteiger partial charge in [-0.1, -0.05) is 35.9 Å². The molecule has 1 aromatic heterocycles. The molecule has 0 saturated carbocycles. The Hall–Kier alpha value is -3.52. The van der Waals surface area contributed by atoms with Crippen molar-refractivity contribution in [2.24, 2.45) is 7.05 Å². The van der Waals surface area contributed by atoms with Crippen molar-refractivity contribution >= 4 is 23.5 Å². The zero-order chi connectivity index (χ0) is 23.4. The Kier molecular flexibility index (Phi) is 7.05. The molecule has 32 heavy (non-hydrogen) atoms. The van der Waals surface area contributed by atoms with E-state index in [1.54, 1.807) is 44.4 Å². The van der Waals surface area contributed by atoms with Crippen LogP contribution in [0.4, 0.5) is 4.39 Å². The van der Waals surface area contributed by atoms with Gasteiger partial charge in [-0.05, 0) is 41.8 Å². The van der Waals surface area contributed by atoms with Crippen LogP contribution in [0.5, 0.6) is 0 Å². The highest BCUT2D eigenvalue weighted by Gasteiger charge is 2.24. The predicted octanol–water partition coefficient (Wildman–Crippen LogP) is 3.06. The first kappa shape index (κ1) is 23.1. The lowest BCUT2D eigenvalue weighted by Gasteiger charge is -2.17. The molecule has 7 nitrogen and oxygen atoms in total. The summed E-state index contributed by atoms with van der Waals surface area (Å²) in [6, 6.07) is 9.42. The van der Waals surface area contributed by atoms with E-state index >= 15 is 0 Å². The van der Waals surface area contributed by atoms with Crippen molar-refractivity contribution in [1.29, 1.82) is 0 Å². The van der Waals surface area contributed by atoms with Crippen molar-refractivity contribution in [2.45, 2.75) is 19.4 Å². The molecule has 3 rings (SSSR count). The highest BCUT2D eigenvalue weighted by molar-refractivity contribution is 6.33. The first-order valence-corrected chi connectivity index (χ1v) is 10.0. The number of amides is 1. The van der Waals surface area contributed by atoms with Crippen LogP contribution in [0.3, 0.4) is 0 Å². The van der Waals surface area contributed by atoms with Gasteiger partial charge in [0.1, 0.15) is 11.9 Å². The average molecular weight is 458 g/mol. The number of rotatable bonds is 6.